The Kier molecular flexibility index (Phi) is 20.4. The third-order valence-corrected chi connectivity index (χ3v) is 4.41. The highest BCUT2D eigenvalue weighted by Crippen LogP contribution is 2.22. The van der Waals surface area contributed by atoms with E-state index in [0.717, 1.165) is 38.8 Å². The van der Waals surface area contributed by atoms with Gasteiger partial charge >= 0.3 is 0 Å². The number of hydrogen-bond acceptors (Lipinski definition) is 10. The Morgan fingerprint density at radius 1 is 0.879 bits per heavy atom. The van der Waals surface area contributed by atoms with E-state index in [4.69, 9.17) is 39.8 Å². The number of nitrogens with zero attached hydrogens (tertiary/aromatic N) is 4. The first kappa shape index (κ1) is 35.2. The summed E-state index contributed by atoms with van der Waals surface area (Å²) in [6.45, 7) is 5.47. The number of rotatable bonds is 10. The molecule has 3 radical (unpaired) electrons. The first-order chi connectivity index (χ1) is 14.4. The third kappa shape index (κ3) is 11.9. The Morgan fingerprint density at radius 3 is 1.79 bits per heavy atom. The van der Waals surface area contributed by atoms with Crippen LogP contribution in [0.15, 0.2) is 0 Å². The Bertz CT molecular complexity index is 831. The summed E-state index contributed by atoms with van der Waals surface area (Å²) in [5.41, 5.74) is 11.6. The number of nitrogens with one attached hydrogen (secondary N) is 2. The Morgan fingerprint density at radius 2 is 1.33 bits per heavy atom. The molecule has 185 valence electrons. The second-order valence-electron chi connectivity index (χ2n) is 6.17. The SMILES string of the molecule is C.C.CCCCNc1nc(N)nc(Cl)c1C=O.CCCCNc1nc(N)nc(Cl)c1CO.[B]. The maximum Gasteiger partial charge on any atom is 0.223 e. The molecule has 2 aromatic rings. The summed E-state index contributed by atoms with van der Waals surface area (Å²) >= 11 is 11.6. The molecule has 0 aliphatic carbocycles. The minimum absolute atomic E-state index is 0. The van der Waals surface area contributed by atoms with E-state index >= 15 is 0 Å². The molecule has 2 aromatic heterocycles. The molecule has 10 nitrogen and oxygen atoms in total. The molecule has 0 aliphatic heterocycles. The highest BCUT2D eigenvalue weighted by molar-refractivity contribution is 6.32. The average molecular weight is 502 g/mol. The number of aliphatic hydroxyl groups is 1. The van der Waals surface area contributed by atoms with Crippen LogP contribution in [0.3, 0.4) is 0 Å². The zero-order chi connectivity index (χ0) is 22.5. The smallest absolute Gasteiger partial charge is 0.223 e. The standard InChI is InChI=1S/C9H15ClN4O.C9H13ClN4O.2CH4.B/c2*1-2-3-4-12-8-6(5-15)7(10)13-9(11)14-8;;;/h15H,2-5H2,1H3,(H3,11,12,13,14);5H,2-4H2,1H3,(H3,11,12,13,14);2*1H4;. The van der Waals surface area contributed by atoms with E-state index in [1.807, 2.05) is 0 Å². The van der Waals surface area contributed by atoms with Crippen molar-refractivity contribution in [2.45, 2.75) is 61.0 Å². The van der Waals surface area contributed by atoms with Gasteiger partial charge in [0.1, 0.15) is 21.9 Å². The Labute approximate surface area is 208 Å². The van der Waals surface area contributed by atoms with Crippen LogP contribution in [-0.4, -0.2) is 52.8 Å². The molecule has 0 spiro atoms. The van der Waals surface area contributed by atoms with Gasteiger partial charge in [0, 0.05) is 21.5 Å². The molecule has 0 atom stereocenters. The van der Waals surface area contributed by atoms with Gasteiger partial charge in [0.15, 0.2) is 6.29 Å². The molecular formula is C20H36BCl2N8O2. The number of carbonyl (C=O) groups excluding carboxylic acids is 1. The van der Waals surface area contributed by atoms with Gasteiger partial charge < -0.3 is 27.2 Å². The maximum atomic E-state index is 10.7. The lowest BCUT2D eigenvalue weighted by Crippen LogP contribution is -2.09. The Balaban J connectivity index is -0.000000500. The molecule has 0 saturated carbocycles. The molecule has 0 fully saturated rings. The summed E-state index contributed by atoms with van der Waals surface area (Å²) in [5, 5.41) is 15.5. The van der Waals surface area contributed by atoms with Crippen LogP contribution in [0.1, 0.15) is 70.3 Å². The van der Waals surface area contributed by atoms with Gasteiger partial charge in [-0.05, 0) is 12.8 Å². The molecular weight excluding hydrogens is 466 g/mol. The van der Waals surface area contributed by atoms with E-state index in [9.17, 15) is 4.79 Å². The van der Waals surface area contributed by atoms with Crippen molar-refractivity contribution in [1.29, 1.82) is 0 Å². The van der Waals surface area contributed by atoms with E-state index in [0.29, 0.717) is 23.5 Å². The minimum Gasteiger partial charge on any atom is -0.391 e. The maximum absolute atomic E-state index is 10.7. The summed E-state index contributed by atoms with van der Waals surface area (Å²) in [6, 6.07) is 0. The fourth-order valence-electron chi connectivity index (χ4n) is 2.22. The van der Waals surface area contributed by atoms with Crippen molar-refractivity contribution in [3.8, 4) is 0 Å². The number of hydrogen-bond donors (Lipinski definition) is 5. The predicted molar refractivity (Wildman–Crippen MR) is 140 cm³/mol. The van der Waals surface area contributed by atoms with Crippen molar-refractivity contribution < 1.29 is 9.90 Å². The predicted octanol–water partition coefficient (Wildman–Crippen LogP) is 4.04. The fourth-order valence-corrected chi connectivity index (χ4v) is 2.68. The number of nitrogens with two attached hydrogens (primary N) is 2. The van der Waals surface area contributed by atoms with Gasteiger partial charge in [0.25, 0.3) is 0 Å². The van der Waals surface area contributed by atoms with Gasteiger partial charge in [-0.25, -0.2) is 9.97 Å². The van der Waals surface area contributed by atoms with Crippen LogP contribution in [0.25, 0.3) is 0 Å². The first-order valence-electron chi connectivity index (χ1n) is 9.56. The van der Waals surface area contributed by atoms with Crippen LogP contribution in [0.5, 0.6) is 0 Å². The highest BCUT2D eigenvalue weighted by atomic mass is 35.5. The average Bonchev–Trinajstić information content (AvgIpc) is 2.68. The topological polar surface area (TPSA) is 165 Å². The van der Waals surface area contributed by atoms with Crippen molar-refractivity contribution >= 4 is 61.4 Å². The first-order valence-corrected chi connectivity index (χ1v) is 10.3. The van der Waals surface area contributed by atoms with Crippen LogP contribution < -0.4 is 22.1 Å². The second kappa shape index (κ2) is 19.1. The molecule has 7 N–H and O–H groups in total. The van der Waals surface area contributed by atoms with Gasteiger partial charge in [-0.2, -0.15) is 9.97 Å². The molecule has 2 rings (SSSR count). The highest BCUT2D eigenvalue weighted by Gasteiger charge is 2.11. The largest absolute Gasteiger partial charge is 0.391 e. The summed E-state index contributed by atoms with van der Waals surface area (Å²) < 4.78 is 0. The number of carbonyl (C=O) groups is 1. The molecule has 0 aromatic carbocycles. The van der Waals surface area contributed by atoms with E-state index in [-0.39, 0.29) is 57.6 Å². The summed E-state index contributed by atoms with van der Waals surface area (Å²) in [4.78, 5) is 26.1. The van der Waals surface area contributed by atoms with E-state index < -0.39 is 0 Å². The van der Waals surface area contributed by atoms with Crippen LogP contribution in [0.2, 0.25) is 10.3 Å². The van der Waals surface area contributed by atoms with Crippen molar-refractivity contribution in [3.63, 3.8) is 0 Å². The second-order valence-corrected chi connectivity index (χ2v) is 6.89. The van der Waals surface area contributed by atoms with Gasteiger partial charge in [-0.1, -0.05) is 64.7 Å². The van der Waals surface area contributed by atoms with Crippen LogP contribution in [0, 0.1) is 0 Å². The number of unbranched alkanes of at least 4 members (excludes halogenated alkanes) is 2. The van der Waals surface area contributed by atoms with E-state index in [2.05, 4.69) is 44.4 Å². The van der Waals surface area contributed by atoms with Gasteiger partial charge in [0.2, 0.25) is 11.9 Å². The summed E-state index contributed by atoms with van der Waals surface area (Å²) in [6.07, 6.45) is 4.76. The van der Waals surface area contributed by atoms with Crippen molar-refractivity contribution in [2.24, 2.45) is 0 Å². The fraction of sp³-hybridized carbons (Fsp3) is 0.550. The van der Waals surface area contributed by atoms with Crippen LogP contribution in [-0.2, 0) is 6.61 Å². The summed E-state index contributed by atoms with van der Waals surface area (Å²) in [5.74, 6) is 1.08. The zero-order valence-corrected chi connectivity index (χ0v) is 19.2. The quantitative estimate of drug-likeness (QED) is 0.139. The normalized spacial score (nSPS) is 9.24. The monoisotopic (exact) mass is 501 g/mol. The molecule has 0 bridgehead atoms. The van der Waals surface area contributed by atoms with E-state index in [1.54, 1.807) is 0 Å². The number of aromatic nitrogens is 4. The van der Waals surface area contributed by atoms with E-state index in [1.165, 1.54) is 0 Å². The van der Waals surface area contributed by atoms with Gasteiger partial charge in [-0.15, -0.1) is 0 Å². The molecule has 33 heavy (non-hydrogen) atoms. The lowest BCUT2D eigenvalue weighted by molar-refractivity contribution is 0.112. The molecule has 0 aliphatic rings. The van der Waals surface area contributed by atoms with Crippen LogP contribution >= 0.6 is 23.2 Å². The van der Waals surface area contributed by atoms with Gasteiger partial charge in [-0.3, -0.25) is 4.79 Å². The Hall–Kier alpha value is -2.37. The minimum atomic E-state index is -0.201. The number of aliphatic hydroxyl groups excluding tert-OH is 1. The van der Waals surface area contributed by atoms with Crippen molar-refractivity contribution in [3.05, 3.63) is 21.4 Å². The lowest BCUT2D eigenvalue weighted by atomic mass is 10.3. The molecule has 2 heterocycles. The summed E-state index contributed by atoms with van der Waals surface area (Å²) in [7, 11) is 0. The number of halogens is 2. The van der Waals surface area contributed by atoms with Crippen molar-refractivity contribution in [1.82, 2.24) is 19.9 Å². The lowest BCUT2D eigenvalue weighted by Gasteiger charge is -2.10. The molecule has 0 amide bonds. The number of nitrogen functional groups attached to an aromatic ring is 2. The van der Waals surface area contributed by atoms with Gasteiger partial charge in [0.05, 0.1) is 17.7 Å². The van der Waals surface area contributed by atoms with Crippen molar-refractivity contribution in [2.75, 3.05) is 35.2 Å². The number of aldehydes is 1. The number of anilines is 4. The molecule has 0 saturated heterocycles. The third-order valence-electron chi connectivity index (χ3n) is 3.81. The molecule has 0 unspecified atom stereocenters. The molecule has 13 heteroatoms. The van der Waals surface area contributed by atoms with Crippen LogP contribution in [0.4, 0.5) is 23.5 Å². The zero-order valence-electron chi connectivity index (χ0n) is 17.7.